The molecule has 1 aromatic carbocycles. The van der Waals surface area contributed by atoms with Crippen molar-refractivity contribution in [1.29, 1.82) is 0 Å². The third-order valence-corrected chi connectivity index (χ3v) is 5.33. The molecule has 0 radical (unpaired) electrons. The highest BCUT2D eigenvalue weighted by Crippen LogP contribution is 2.36. The van der Waals surface area contributed by atoms with Gasteiger partial charge in [0.25, 0.3) is 0 Å². The molecule has 1 aliphatic heterocycles. The Morgan fingerprint density at radius 3 is 2.77 bits per heavy atom. The molecule has 2 heterocycles. The Morgan fingerprint density at radius 2 is 2.04 bits per heavy atom. The quantitative estimate of drug-likeness (QED) is 0.853. The number of halogens is 1. The smallest absolute Gasteiger partial charge is 0.240 e. The van der Waals surface area contributed by atoms with Gasteiger partial charge in [-0.2, -0.15) is 0 Å². The first-order valence-corrected chi connectivity index (χ1v) is 9.73. The zero-order valence-corrected chi connectivity index (χ0v) is 16.3. The largest absolute Gasteiger partial charge is 0.354 e. The lowest BCUT2D eigenvalue weighted by molar-refractivity contribution is -0.122. The SMILES string of the molecule is Cc1cc(C)c2c(n1)SCC(=O)N2CC(=O)NCCc1ccc(Cl)cc1. The fourth-order valence-corrected chi connectivity index (χ4v) is 4.08. The van der Waals surface area contributed by atoms with E-state index in [1.165, 1.54) is 11.8 Å². The summed E-state index contributed by atoms with van der Waals surface area (Å²) < 4.78 is 0. The lowest BCUT2D eigenvalue weighted by Gasteiger charge is -2.29. The molecular weight excluding hydrogens is 370 g/mol. The molecule has 2 amide bonds. The van der Waals surface area contributed by atoms with Crippen molar-refractivity contribution in [2.75, 3.05) is 23.7 Å². The monoisotopic (exact) mass is 389 g/mol. The molecule has 0 fully saturated rings. The fraction of sp³-hybridized carbons (Fsp3) is 0.316. The summed E-state index contributed by atoms with van der Waals surface area (Å²) in [5, 5.41) is 4.39. The number of carbonyl (C=O) groups excluding carboxylic acids is 2. The summed E-state index contributed by atoms with van der Waals surface area (Å²) in [6.45, 7) is 4.39. The van der Waals surface area contributed by atoms with Gasteiger partial charge in [0.15, 0.2) is 0 Å². The highest BCUT2D eigenvalue weighted by molar-refractivity contribution is 8.00. The summed E-state index contributed by atoms with van der Waals surface area (Å²) in [7, 11) is 0. The van der Waals surface area contributed by atoms with E-state index in [0.29, 0.717) is 23.7 Å². The maximum atomic E-state index is 12.3. The number of carbonyl (C=O) groups is 2. The molecule has 0 saturated heterocycles. The molecule has 1 aliphatic rings. The van der Waals surface area contributed by atoms with Crippen LogP contribution in [0.15, 0.2) is 35.4 Å². The number of nitrogens with zero attached hydrogens (tertiary/aromatic N) is 2. The maximum Gasteiger partial charge on any atom is 0.240 e. The van der Waals surface area contributed by atoms with Crippen molar-refractivity contribution in [1.82, 2.24) is 10.3 Å². The van der Waals surface area contributed by atoms with Crippen molar-refractivity contribution in [2.45, 2.75) is 25.3 Å². The number of benzene rings is 1. The first-order chi connectivity index (χ1) is 12.4. The zero-order valence-electron chi connectivity index (χ0n) is 14.7. The Labute approximate surface area is 162 Å². The summed E-state index contributed by atoms with van der Waals surface area (Å²) in [5.74, 6) is 0.0651. The summed E-state index contributed by atoms with van der Waals surface area (Å²) in [4.78, 5) is 30.7. The van der Waals surface area contributed by atoms with Gasteiger partial charge < -0.3 is 5.32 Å². The van der Waals surface area contributed by atoms with Crippen LogP contribution in [0.2, 0.25) is 5.02 Å². The predicted octanol–water partition coefficient (Wildman–Crippen LogP) is 3.15. The van der Waals surface area contributed by atoms with Gasteiger partial charge >= 0.3 is 0 Å². The molecule has 2 aromatic rings. The number of thioether (sulfide) groups is 1. The van der Waals surface area contributed by atoms with E-state index in [4.69, 9.17) is 11.6 Å². The first-order valence-electron chi connectivity index (χ1n) is 8.36. The van der Waals surface area contributed by atoms with Gasteiger partial charge in [0, 0.05) is 17.3 Å². The number of rotatable bonds is 5. The molecule has 0 saturated carbocycles. The number of hydrogen-bond acceptors (Lipinski definition) is 4. The van der Waals surface area contributed by atoms with Crippen LogP contribution in [0.3, 0.4) is 0 Å². The molecule has 0 atom stereocenters. The van der Waals surface area contributed by atoms with Crippen molar-refractivity contribution < 1.29 is 9.59 Å². The van der Waals surface area contributed by atoms with Gasteiger partial charge in [0.05, 0.1) is 11.4 Å². The minimum Gasteiger partial charge on any atom is -0.354 e. The van der Waals surface area contributed by atoms with Crippen LogP contribution in [0.1, 0.15) is 16.8 Å². The van der Waals surface area contributed by atoms with E-state index < -0.39 is 0 Å². The van der Waals surface area contributed by atoms with Gasteiger partial charge in [0.1, 0.15) is 11.6 Å². The van der Waals surface area contributed by atoms with Crippen LogP contribution in [0, 0.1) is 13.8 Å². The fourth-order valence-electron chi connectivity index (χ4n) is 2.92. The third-order valence-electron chi connectivity index (χ3n) is 4.13. The van der Waals surface area contributed by atoms with E-state index in [1.54, 1.807) is 4.90 Å². The van der Waals surface area contributed by atoms with Crippen LogP contribution in [-0.2, 0) is 16.0 Å². The molecule has 0 unspecified atom stereocenters. The summed E-state index contributed by atoms with van der Waals surface area (Å²) in [5.41, 5.74) is 3.73. The van der Waals surface area contributed by atoms with Crippen LogP contribution in [-0.4, -0.2) is 35.6 Å². The Kier molecular flexibility index (Phi) is 5.84. The molecule has 3 rings (SSSR count). The van der Waals surface area contributed by atoms with Gasteiger partial charge in [-0.15, -0.1) is 0 Å². The molecule has 26 heavy (non-hydrogen) atoms. The lowest BCUT2D eigenvalue weighted by atomic mass is 10.1. The number of nitrogens with one attached hydrogen (secondary N) is 1. The van der Waals surface area contributed by atoms with Crippen LogP contribution < -0.4 is 10.2 Å². The Hall–Kier alpha value is -2.05. The molecule has 136 valence electrons. The number of aryl methyl sites for hydroxylation is 2. The van der Waals surface area contributed by atoms with Gasteiger partial charge in [-0.05, 0) is 49.6 Å². The van der Waals surface area contributed by atoms with Gasteiger partial charge in [0.2, 0.25) is 11.8 Å². The topological polar surface area (TPSA) is 62.3 Å². The van der Waals surface area contributed by atoms with Crippen molar-refractivity contribution in [2.24, 2.45) is 0 Å². The number of pyridine rings is 1. The minimum atomic E-state index is -0.176. The van der Waals surface area contributed by atoms with E-state index in [0.717, 1.165) is 27.5 Å². The molecule has 0 spiro atoms. The average Bonchev–Trinajstić information content (AvgIpc) is 2.59. The average molecular weight is 390 g/mol. The summed E-state index contributed by atoms with van der Waals surface area (Å²) >= 11 is 7.30. The number of fused-ring (bicyclic) bond motifs is 1. The Morgan fingerprint density at radius 1 is 1.31 bits per heavy atom. The second kappa shape index (κ2) is 8.10. The number of amides is 2. The highest BCUT2D eigenvalue weighted by atomic mass is 35.5. The standard InChI is InChI=1S/C19H20ClN3O2S/c1-12-9-13(2)22-19-18(12)23(17(25)11-26-19)10-16(24)21-8-7-14-3-5-15(20)6-4-14/h3-6,9H,7-8,10-11H2,1-2H3,(H,21,24). The van der Waals surface area contributed by atoms with Gasteiger partial charge in [-0.1, -0.05) is 35.5 Å². The highest BCUT2D eigenvalue weighted by Gasteiger charge is 2.29. The molecule has 0 aliphatic carbocycles. The number of hydrogen-bond donors (Lipinski definition) is 1. The van der Waals surface area contributed by atoms with Crippen molar-refractivity contribution >= 4 is 40.9 Å². The van der Waals surface area contributed by atoms with Crippen molar-refractivity contribution in [3.05, 3.63) is 52.2 Å². The Balaban J connectivity index is 1.62. The zero-order chi connectivity index (χ0) is 18.7. The van der Waals surface area contributed by atoms with Crippen LogP contribution in [0.25, 0.3) is 0 Å². The first kappa shape index (κ1) is 18.7. The predicted molar refractivity (Wildman–Crippen MR) is 105 cm³/mol. The van der Waals surface area contributed by atoms with E-state index in [9.17, 15) is 9.59 Å². The second-order valence-electron chi connectivity index (χ2n) is 6.23. The normalized spacial score (nSPS) is 13.5. The summed E-state index contributed by atoms with van der Waals surface area (Å²) in [6.07, 6.45) is 0.711. The summed E-state index contributed by atoms with van der Waals surface area (Å²) in [6, 6.07) is 9.47. The molecule has 1 aromatic heterocycles. The van der Waals surface area contributed by atoms with E-state index in [-0.39, 0.29) is 18.4 Å². The van der Waals surface area contributed by atoms with Gasteiger partial charge in [-0.3, -0.25) is 14.5 Å². The second-order valence-corrected chi connectivity index (χ2v) is 7.63. The van der Waals surface area contributed by atoms with Crippen LogP contribution in [0.5, 0.6) is 0 Å². The molecule has 0 bridgehead atoms. The van der Waals surface area contributed by atoms with Crippen molar-refractivity contribution in [3.8, 4) is 0 Å². The number of anilines is 1. The maximum absolute atomic E-state index is 12.3. The van der Waals surface area contributed by atoms with E-state index >= 15 is 0 Å². The molecular formula is C19H20ClN3O2S. The number of aromatic nitrogens is 1. The van der Waals surface area contributed by atoms with E-state index in [2.05, 4.69) is 10.3 Å². The molecule has 1 N–H and O–H groups in total. The molecule has 5 nitrogen and oxygen atoms in total. The third kappa shape index (κ3) is 4.37. The van der Waals surface area contributed by atoms with Crippen LogP contribution >= 0.6 is 23.4 Å². The van der Waals surface area contributed by atoms with Crippen molar-refractivity contribution in [3.63, 3.8) is 0 Å². The Bertz CT molecular complexity index is 839. The minimum absolute atomic E-state index is 0.0125. The van der Waals surface area contributed by atoms with Crippen LogP contribution in [0.4, 0.5) is 5.69 Å². The lowest BCUT2D eigenvalue weighted by Crippen LogP contribution is -2.44. The molecule has 7 heteroatoms. The van der Waals surface area contributed by atoms with Gasteiger partial charge in [-0.25, -0.2) is 4.98 Å². The van der Waals surface area contributed by atoms with E-state index in [1.807, 2.05) is 44.2 Å².